The number of rotatable bonds is 76. The van der Waals surface area contributed by atoms with Gasteiger partial charge >= 0.3 is 5.76 Å². The summed E-state index contributed by atoms with van der Waals surface area (Å²) in [5.41, 5.74) is 1.20. The molecule has 0 bridgehead atoms. The van der Waals surface area contributed by atoms with E-state index in [1.807, 2.05) is 0 Å². The summed E-state index contributed by atoms with van der Waals surface area (Å²) in [6.45, 7) is 31.4. The molecule has 0 aromatic carbocycles. The zero-order chi connectivity index (χ0) is 88.2. The summed E-state index contributed by atoms with van der Waals surface area (Å²) in [4.78, 5) is 13.5. The van der Waals surface area contributed by atoms with E-state index in [1.54, 1.807) is 6.26 Å². The molecule has 0 aliphatic rings. The number of nitrogens with zero attached hydrogens (tertiary/aromatic N) is 15. The van der Waals surface area contributed by atoms with Crippen LogP contribution in [0.1, 0.15) is 593 Å². The molecule has 0 radical (unpaired) electrons. The van der Waals surface area contributed by atoms with Crippen molar-refractivity contribution in [3.63, 3.8) is 0 Å². The maximum Gasteiger partial charge on any atom is 0.416 e. The minimum absolute atomic E-state index is 0.0488. The summed E-state index contributed by atoms with van der Waals surface area (Å²) in [6.07, 6.45) is 96.9. The van der Waals surface area contributed by atoms with E-state index < -0.39 is 0 Å². The highest BCUT2D eigenvalue weighted by molar-refractivity contribution is 5.04. The van der Waals surface area contributed by atoms with Crippen LogP contribution in [-0.4, -0.2) is 108 Å². The first-order valence-electron chi connectivity index (χ1n) is 51.6. The molecule has 6 N–H and O–H groups in total. The predicted molar refractivity (Wildman–Crippen MR) is 507 cm³/mol. The highest BCUT2D eigenvalue weighted by atomic mass is 16.4. The minimum Gasteiger partial charge on any atom is -0.416 e. The van der Waals surface area contributed by atoms with Crippen LogP contribution < -0.4 is 5.76 Å². The second-order valence-corrected chi connectivity index (χ2v) is 36.7. The first-order chi connectivity index (χ1) is 59.2. The summed E-state index contributed by atoms with van der Waals surface area (Å²) in [5.74, 6) is 4.97. The van der Waals surface area contributed by atoms with Crippen LogP contribution in [0.25, 0.3) is 0 Å². The number of hydrogen-bond donors (Lipinski definition) is 6. The molecule has 121 heavy (non-hydrogen) atoms. The molecule has 6 aromatic rings. The third kappa shape index (κ3) is 63.0. The van der Waals surface area contributed by atoms with Crippen molar-refractivity contribution in [2.75, 3.05) is 0 Å². The van der Waals surface area contributed by atoms with Gasteiger partial charge < -0.3 is 4.42 Å². The number of unbranched alkanes of at least 4 members (excludes halogenated alkanes) is 55. The number of nitrogens with one attached hydrogen (secondary N) is 6. The fraction of sp³-hybridized carbons (Fsp3) is 0.918. The van der Waals surface area contributed by atoms with Gasteiger partial charge in [-0.1, -0.05) is 508 Å². The van der Waals surface area contributed by atoms with E-state index in [9.17, 15) is 4.79 Å². The zero-order valence-electron chi connectivity index (χ0n) is 81.5. The van der Waals surface area contributed by atoms with Crippen LogP contribution in [0.3, 0.4) is 0 Å². The van der Waals surface area contributed by atoms with Crippen molar-refractivity contribution in [3.8, 4) is 0 Å². The van der Waals surface area contributed by atoms with Gasteiger partial charge in [-0.05, 0) is 70.6 Å². The Hall–Kier alpha value is -5.64. The van der Waals surface area contributed by atoms with Crippen molar-refractivity contribution in [2.45, 2.75) is 581 Å². The van der Waals surface area contributed by atoms with Crippen LogP contribution in [0.2, 0.25) is 0 Å². The predicted octanol–water partition coefficient (Wildman–Crippen LogP) is 30.0. The number of H-pyrrole nitrogens is 6. The Kier molecular flexibility index (Phi) is 77.4. The molecule has 0 aliphatic heterocycles. The normalized spacial score (nSPS) is 12.4. The number of oxazole rings is 1. The average Bonchev–Trinajstić information content (AvgIpc) is 1.78. The summed E-state index contributed by atoms with van der Waals surface area (Å²) < 4.78 is 4.70. The van der Waals surface area contributed by atoms with Crippen LogP contribution in [0.4, 0.5) is 0 Å². The Bertz CT molecular complexity index is 2970. The minimum atomic E-state index is -0.335. The van der Waals surface area contributed by atoms with Crippen LogP contribution in [0.5, 0.6) is 0 Å². The third-order valence-electron chi connectivity index (χ3n) is 25.6. The molecule has 0 spiro atoms. The number of aromatic nitrogens is 21. The third-order valence-corrected chi connectivity index (χ3v) is 25.6. The maximum atomic E-state index is 10.8. The van der Waals surface area contributed by atoms with Crippen molar-refractivity contribution in [2.24, 2.45) is 0 Å². The van der Waals surface area contributed by atoms with Gasteiger partial charge in [-0.15, -0.1) is 51.0 Å². The lowest BCUT2D eigenvalue weighted by Gasteiger charge is -2.28. The molecular formula is C98H193N21O2. The number of hydrogen-bond acceptors (Lipinski definition) is 17. The van der Waals surface area contributed by atoms with Gasteiger partial charge in [0.25, 0.3) is 0 Å². The molecule has 6 aromatic heterocycles. The van der Waals surface area contributed by atoms with Gasteiger partial charge in [-0.2, -0.15) is 26.1 Å². The molecule has 0 fully saturated rings. The lowest BCUT2D eigenvalue weighted by atomic mass is 9.77. The SMILES string of the molecule is CCCCCCCCCCCCC(C)(C)c1nn[nH]n1.CCCCCCCCCCCCC(C)(CC)c1nn[nH]n1.CCCCCCCCCCCCC(C)c1nn[nH]n1.CCCCCCCCCCCCC(CC)(CC)c1nn[nH]n1.CCCCCCCCCCCCC(CC)c1nn[nH]n1.CCCCCCCCCCCCCc1coc(=O)[nH]1. The Balaban J connectivity index is 0.000000726. The van der Waals surface area contributed by atoms with Gasteiger partial charge in [0.2, 0.25) is 0 Å². The van der Waals surface area contributed by atoms with Crippen LogP contribution in [0, 0.1) is 0 Å². The van der Waals surface area contributed by atoms with Crippen molar-refractivity contribution in [3.05, 3.63) is 51.6 Å². The molecule has 3 atom stereocenters. The Labute approximate surface area is 741 Å². The van der Waals surface area contributed by atoms with Gasteiger partial charge in [0, 0.05) is 28.1 Å². The number of aromatic amines is 6. The molecular weight excluding hydrogens is 1500 g/mol. The molecule has 0 aliphatic carbocycles. The summed E-state index contributed by atoms with van der Waals surface area (Å²) >= 11 is 0. The van der Waals surface area contributed by atoms with Crippen LogP contribution in [-0.2, 0) is 22.7 Å². The highest BCUT2D eigenvalue weighted by Gasteiger charge is 2.32. The van der Waals surface area contributed by atoms with Crippen molar-refractivity contribution < 1.29 is 4.42 Å². The topological polar surface area (TPSA) is 318 Å². The number of tetrazole rings is 5. The maximum absolute atomic E-state index is 10.8. The van der Waals surface area contributed by atoms with Crippen molar-refractivity contribution in [1.29, 1.82) is 0 Å². The smallest absolute Gasteiger partial charge is 0.416 e. The van der Waals surface area contributed by atoms with Gasteiger partial charge in [-0.25, -0.2) is 4.79 Å². The molecule has 6 heterocycles. The largest absolute Gasteiger partial charge is 0.416 e. The standard InChI is InChI=1S/C18H36N4.C17H34N4.2C16H32N4.C16H29NO2.C15H30N4/c1-4-7-8-9-10-11-12-13-14-15-16-18(5-2,6-3)17-19-21-22-20-17;1-4-6-7-8-9-10-11-12-13-14-15-17(3,5-2)16-18-20-21-19-16;1-4-5-6-7-8-9-10-11-12-13-14-16(2,3)15-17-19-20-18-15;1-3-5-6-7-8-9-10-11-12-13-14-15(4-2)16-17-19-20-18-16;1-2-3-4-5-6-7-8-9-10-11-12-13-15-14-19-16(18)17-15;1-3-4-5-6-7-8-9-10-11-12-13-14(2)15-16-18-19-17-15/h4-16H2,1-3H3,(H,19,20,21,22);4-15H2,1-3H3,(H,18,19,20,21);4-14H2,1-3H3,(H,17,18,19,20);15H,3-14H2,1-2H3,(H,17,18,19,20);14H,2-13H2,1H3,(H,17,18);14H,3-13H2,1-2H3,(H,16,17,18,19). The van der Waals surface area contributed by atoms with E-state index in [0.717, 1.165) is 79.8 Å². The monoisotopic (exact) mass is 1700 g/mol. The lowest BCUT2D eigenvalue weighted by molar-refractivity contribution is 0.329. The Morgan fingerprint density at radius 2 is 0.603 bits per heavy atom. The molecule has 0 amide bonds. The quantitative estimate of drug-likeness (QED) is 0.0193. The fourth-order valence-electron chi connectivity index (χ4n) is 16.4. The first kappa shape index (κ1) is 113. The summed E-state index contributed by atoms with van der Waals surface area (Å²) in [5, 5.41) is 72.5. The second-order valence-electron chi connectivity index (χ2n) is 36.7. The Morgan fingerprint density at radius 1 is 0.306 bits per heavy atom. The van der Waals surface area contributed by atoms with Crippen molar-refractivity contribution in [1.82, 2.24) is 108 Å². The van der Waals surface area contributed by atoms with E-state index >= 15 is 0 Å². The zero-order valence-corrected chi connectivity index (χ0v) is 81.5. The molecule has 23 nitrogen and oxygen atoms in total. The first-order valence-corrected chi connectivity index (χ1v) is 51.6. The second kappa shape index (κ2) is 82.6. The van der Waals surface area contributed by atoms with Crippen LogP contribution in [0.15, 0.2) is 15.5 Å². The van der Waals surface area contributed by atoms with Crippen molar-refractivity contribution >= 4 is 0 Å². The molecule has 6 rings (SSSR count). The van der Waals surface area contributed by atoms with E-state index in [0.29, 0.717) is 11.8 Å². The van der Waals surface area contributed by atoms with Gasteiger partial charge in [0.1, 0.15) is 6.26 Å². The number of aryl methyl sites for hydroxylation is 1. The fourth-order valence-corrected chi connectivity index (χ4v) is 16.4. The van der Waals surface area contributed by atoms with Gasteiger partial charge in [-0.3, -0.25) is 4.98 Å². The van der Waals surface area contributed by atoms with Crippen LogP contribution >= 0.6 is 0 Å². The highest BCUT2D eigenvalue weighted by Crippen LogP contribution is 2.35. The van der Waals surface area contributed by atoms with E-state index in [1.165, 1.54) is 411 Å². The molecule has 0 saturated carbocycles. The lowest BCUT2D eigenvalue weighted by Crippen LogP contribution is -2.26. The summed E-state index contributed by atoms with van der Waals surface area (Å²) in [7, 11) is 0. The summed E-state index contributed by atoms with van der Waals surface area (Å²) in [6, 6.07) is 0. The van der Waals surface area contributed by atoms with E-state index in [2.05, 4.69) is 205 Å². The Morgan fingerprint density at radius 3 is 0.917 bits per heavy atom. The van der Waals surface area contributed by atoms with Gasteiger partial charge in [0.05, 0.1) is 5.69 Å². The molecule has 3 unspecified atom stereocenters. The van der Waals surface area contributed by atoms with E-state index in [4.69, 9.17) is 4.42 Å². The molecule has 23 heteroatoms. The molecule has 702 valence electrons. The average molecular weight is 1700 g/mol. The van der Waals surface area contributed by atoms with E-state index in [-0.39, 0.29) is 22.0 Å². The molecule has 0 saturated heterocycles. The van der Waals surface area contributed by atoms with Gasteiger partial charge in [0.15, 0.2) is 29.1 Å².